The largest absolute Gasteiger partial charge is 0.444 e. The van der Waals surface area contributed by atoms with Crippen LogP contribution in [0.5, 0.6) is 0 Å². The number of nitrogens with zero attached hydrogens (tertiary/aromatic N) is 2. The maximum Gasteiger partial charge on any atom is 0.407 e. The van der Waals surface area contributed by atoms with Crippen LogP contribution >= 0.6 is 0 Å². The molecule has 0 radical (unpaired) electrons. The van der Waals surface area contributed by atoms with Crippen LogP contribution in [0.4, 0.5) is 9.59 Å². The molecule has 1 aliphatic heterocycles. The normalized spacial score (nSPS) is 25.9. The molecule has 1 heterocycles. The first-order valence-electron chi connectivity index (χ1n) is 16.4. The third kappa shape index (κ3) is 10.8. The number of hydrazone groups is 1. The summed E-state index contributed by atoms with van der Waals surface area (Å²) in [5.41, 5.74) is -1.41. The molecule has 14 heteroatoms. The number of carbonyl (C=O) groups excluding carboxylic acids is 5. The van der Waals surface area contributed by atoms with Gasteiger partial charge in [0.2, 0.25) is 11.7 Å². The molecule has 260 valence electrons. The van der Waals surface area contributed by atoms with Gasteiger partial charge in [0.15, 0.2) is 0 Å². The quantitative estimate of drug-likeness (QED) is 0.289. The molecule has 2 fully saturated rings. The van der Waals surface area contributed by atoms with Crippen molar-refractivity contribution in [3.63, 3.8) is 0 Å². The van der Waals surface area contributed by atoms with Crippen LogP contribution in [-0.2, 0) is 28.6 Å². The molecule has 4 amide bonds. The molecule has 0 aromatic carbocycles. The highest BCUT2D eigenvalue weighted by Crippen LogP contribution is 2.29. The van der Waals surface area contributed by atoms with Crippen molar-refractivity contribution in [2.24, 2.45) is 22.9 Å². The lowest BCUT2D eigenvalue weighted by Gasteiger charge is -2.33. The van der Waals surface area contributed by atoms with Crippen LogP contribution in [0, 0.1) is 17.8 Å². The highest BCUT2D eigenvalue weighted by Gasteiger charge is 2.44. The number of hydrogen-bond acceptors (Lipinski definition) is 10. The molecule has 1 unspecified atom stereocenters. The number of amides is 4. The number of Topliss-reactive ketones (excluding diaryl/α,β-unsaturated/α-hetero) is 1. The van der Waals surface area contributed by atoms with Crippen molar-refractivity contribution < 1.29 is 43.3 Å². The van der Waals surface area contributed by atoms with Gasteiger partial charge < -0.3 is 35.3 Å². The zero-order chi connectivity index (χ0) is 34.4. The lowest BCUT2D eigenvalue weighted by molar-refractivity contribution is -0.167. The number of ether oxygens (including phenoxy) is 3. The van der Waals surface area contributed by atoms with E-state index < -0.39 is 83.3 Å². The van der Waals surface area contributed by atoms with Crippen LogP contribution in [-0.4, -0.2) is 81.5 Å². The fraction of sp³-hybridized carbons (Fsp3) is 0.812. The number of aliphatic hydroxyl groups is 1. The molecule has 4 N–H and O–H groups in total. The van der Waals surface area contributed by atoms with Crippen LogP contribution in [0.2, 0.25) is 0 Å². The van der Waals surface area contributed by atoms with Crippen LogP contribution in [0.15, 0.2) is 5.10 Å². The van der Waals surface area contributed by atoms with Gasteiger partial charge in [0.05, 0.1) is 17.9 Å². The molecule has 0 aromatic heterocycles. The van der Waals surface area contributed by atoms with Gasteiger partial charge in [-0.15, -0.1) is 5.10 Å². The minimum atomic E-state index is -1.84. The molecule has 3 rings (SSSR count). The number of hydrogen-bond donors (Lipinski definition) is 4. The van der Waals surface area contributed by atoms with Crippen molar-refractivity contribution in [2.75, 3.05) is 0 Å². The number of carbonyl (C=O) groups is 5. The number of rotatable bonds is 9. The number of alkyl carbamates (subject to hydrolysis) is 2. The van der Waals surface area contributed by atoms with E-state index in [0.717, 1.165) is 30.7 Å². The maximum absolute atomic E-state index is 13.7. The summed E-state index contributed by atoms with van der Waals surface area (Å²) in [7, 11) is 0. The molecule has 46 heavy (non-hydrogen) atoms. The highest BCUT2D eigenvalue weighted by atomic mass is 16.7. The number of aliphatic hydroxyl groups excluding tert-OH is 1. The summed E-state index contributed by atoms with van der Waals surface area (Å²) in [5, 5.41) is 23.8. The molecule has 0 spiro atoms. The molecule has 0 saturated heterocycles. The Morgan fingerprint density at radius 1 is 0.848 bits per heavy atom. The summed E-state index contributed by atoms with van der Waals surface area (Å²) in [5.74, 6) is -3.49. The van der Waals surface area contributed by atoms with Crippen LogP contribution < -0.4 is 16.0 Å². The number of ketones is 1. The first kappa shape index (κ1) is 37.0. The van der Waals surface area contributed by atoms with Gasteiger partial charge in [0, 0.05) is 12.1 Å². The molecular formula is C32H53N5O9. The van der Waals surface area contributed by atoms with E-state index in [2.05, 4.69) is 21.1 Å². The molecule has 14 nitrogen and oxygen atoms in total. The Bertz CT molecular complexity index is 1160. The summed E-state index contributed by atoms with van der Waals surface area (Å²) in [6.45, 7) is 14.3. The Balaban J connectivity index is 1.73. The minimum Gasteiger partial charge on any atom is -0.444 e. The average molecular weight is 652 g/mol. The Hall–Kier alpha value is -3.42. The van der Waals surface area contributed by atoms with E-state index in [9.17, 15) is 29.1 Å². The van der Waals surface area contributed by atoms with E-state index in [1.54, 1.807) is 41.5 Å². The van der Waals surface area contributed by atoms with Crippen molar-refractivity contribution in [1.82, 2.24) is 21.0 Å². The molecule has 2 aliphatic carbocycles. The third-order valence-electron chi connectivity index (χ3n) is 7.99. The van der Waals surface area contributed by atoms with E-state index in [1.807, 2.05) is 13.8 Å². The van der Waals surface area contributed by atoms with Gasteiger partial charge in [-0.1, -0.05) is 39.5 Å². The minimum absolute atomic E-state index is 0.0112. The SMILES string of the molecule is CC(C)C[C@H](NC(=O)[C@@H]1CCCC[C@@H]1NC(=O)OC(C)(C)C)C(=O)C1=NN(C(=O)[C@@H]2CCCC[C@@H]2NC(=O)OC(C)(C)C)C(O)O1. The first-order valence-corrected chi connectivity index (χ1v) is 16.4. The zero-order valence-corrected chi connectivity index (χ0v) is 28.5. The van der Waals surface area contributed by atoms with Gasteiger partial charge in [0.1, 0.15) is 11.2 Å². The highest BCUT2D eigenvalue weighted by molar-refractivity contribution is 6.39. The molecule has 0 aromatic rings. The summed E-state index contributed by atoms with van der Waals surface area (Å²) in [4.78, 5) is 65.7. The second kappa shape index (κ2) is 15.4. The lowest BCUT2D eigenvalue weighted by atomic mass is 9.83. The maximum atomic E-state index is 13.7. The monoisotopic (exact) mass is 651 g/mol. The standard InChI is InChI=1S/C32H53N5O9/c1-18(2)17-23(33-25(39)19-13-9-11-15-21(19)34-28(41)45-31(3,4)5)24(38)26-36-37(30(43)44-26)27(40)20-14-10-12-16-22(20)35-29(42)46-32(6,7)8/h18-23,30,43H,9-17H2,1-8H3,(H,33,39)(H,34,41)(H,35,42)/t19-,20-,21+,22+,23+,30?/m1/s1. The van der Waals surface area contributed by atoms with Gasteiger partial charge in [-0.3, -0.25) is 14.4 Å². The van der Waals surface area contributed by atoms with Gasteiger partial charge in [-0.2, -0.15) is 5.01 Å². The van der Waals surface area contributed by atoms with Crippen molar-refractivity contribution in [1.29, 1.82) is 0 Å². The summed E-state index contributed by atoms with van der Waals surface area (Å²) >= 11 is 0. The van der Waals surface area contributed by atoms with Gasteiger partial charge in [-0.05, 0) is 79.6 Å². The predicted molar refractivity (Wildman–Crippen MR) is 168 cm³/mol. The molecule has 0 bridgehead atoms. The topological polar surface area (TPSA) is 185 Å². The van der Waals surface area contributed by atoms with Gasteiger partial charge >= 0.3 is 18.6 Å². The first-order chi connectivity index (χ1) is 21.3. The lowest BCUT2D eigenvalue weighted by Crippen LogP contribution is -2.53. The third-order valence-corrected chi connectivity index (χ3v) is 7.99. The molecular weight excluding hydrogens is 598 g/mol. The van der Waals surface area contributed by atoms with Crippen LogP contribution in [0.1, 0.15) is 113 Å². The number of nitrogens with one attached hydrogen (secondary N) is 3. The van der Waals surface area contributed by atoms with E-state index in [0.29, 0.717) is 25.7 Å². The zero-order valence-electron chi connectivity index (χ0n) is 28.5. The Kier molecular flexibility index (Phi) is 12.4. The van der Waals surface area contributed by atoms with Crippen molar-refractivity contribution in [2.45, 2.75) is 149 Å². The second-order valence-corrected chi connectivity index (χ2v) is 14.9. The fourth-order valence-corrected chi connectivity index (χ4v) is 6.02. The molecule has 6 atom stereocenters. The second-order valence-electron chi connectivity index (χ2n) is 14.9. The van der Waals surface area contributed by atoms with Gasteiger partial charge in [0.25, 0.3) is 11.8 Å². The van der Waals surface area contributed by atoms with Gasteiger partial charge in [-0.25, -0.2) is 9.59 Å². The molecule has 3 aliphatic rings. The van der Waals surface area contributed by atoms with Crippen LogP contribution in [0.3, 0.4) is 0 Å². The Labute approximate surface area is 271 Å². The van der Waals surface area contributed by atoms with E-state index in [4.69, 9.17) is 14.2 Å². The fourth-order valence-electron chi connectivity index (χ4n) is 6.02. The Morgan fingerprint density at radius 2 is 1.33 bits per heavy atom. The summed E-state index contributed by atoms with van der Waals surface area (Å²) in [6.07, 6.45) is 2.37. The average Bonchev–Trinajstić information content (AvgIpc) is 3.31. The van der Waals surface area contributed by atoms with Crippen LogP contribution in [0.25, 0.3) is 0 Å². The molecule has 2 saturated carbocycles. The van der Waals surface area contributed by atoms with Crippen molar-refractivity contribution in [3.05, 3.63) is 0 Å². The Morgan fingerprint density at radius 3 is 1.83 bits per heavy atom. The van der Waals surface area contributed by atoms with Crippen molar-refractivity contribution >= 4 is 35.7 Å². The van der Waals surface area contributed by atoms with E-state index >= 15 is 0 Å². The summed E-state index contributed by atoms with van der Waals surface area (Å²) < 4.78 is 16.1. The van der Waals surface area contributed by atoms with Crippen molar-refractivity contribution in [3.8, 4) is 0 Å². The smallest absolute Gasteiger partial charge is 0.407 e. The predicted octanol–water partition coefficient (Wildman–Crippen LogP) is 3.70. The summed E-state index contributed by atoms with van der Waals surface area (Å²) in [6, 6.07) is -2.07. The van der Waals surface area contributed by atoms with E-state index in [1.165, 1.54) is 0 Å². The van der Waals surface area contributed by atoms with E-state index in [-0.39, 0.29) is 12.3 Å².